The standard InChI is InChI=1S/C9H19NO.2C2H6/c1-3-8-11-9-4-6-10(2)7-5-9;2*1-2/h9H,3-8H2,1-2H3;2*1-2H3. The van der Waals surface area contributed by atoms with Crippen molar-refractivity contribution in [1.82, 2.24) is 4.90 Å². The summed E-state index contributed by atoms with van der Waals surface area (Å²) in [7, 11) is 2.18. The summed E-state index contributed by atoms with van der Waals surface area (Å²) >= 11 is 0. The Labute approximate surface area is 97.0 Å². The van der Waals surface area contributed by atoms with E-state index in [1.54, 1.807) is 0 Å². The van der Waals surface area contributed by atoms with Gasteiger partial charge in [-0.25, -0.2) is 0 Å². The molecule has 2 nitrogen and oxygen atoms in total. The molecule has 0 aromatic carbocycles. The van der Waals surface area contributed by atoms with Crippen LogP contribution in [-0.2, 0) is 4.74 Å². The van der Waals surface area contributed by atoms with Crippen molar-refractivity contribution < 1.29 is 4.74 Å². The molecule has 1 aliphatic rings. The summed E-state index contributed by atoms with van der Waals surface area (Å²) in [5, 5.41) is 0. The molecule has 0 spiro atoms. The molecule has 2 heteroatoms. The summed E-state index contributed by atoms with van der Waals surface area (Å²) in [6.45, 7) is 13.5. The SMILES string of the molecule is CC.CC.CCCOC1CCN(C)CC1. The van der Waals surface area contributed by atoms with Crippen LogP contribution in [-0.4, -0.2) is 37.7 Å². The van der Waals surface area contributed by atoms with Crippen molar-refractivity contribution in [3.8, 4) is 0 Å². The van der Waals surface area contributed by atoms with Gasteiger partial charge in [0.25, 0.3) is 0 Å². The molecule has 1 saturated heterocycles. The predicted octanol–water partition coefficient (Wildman–Crippen LogP) is 3.56. The van der Waals surface area contributed by atoms with E-state index in [9.17, 15) is 0 Å². The number of ether oxygens (including phenoxy) is 1. The van der Waals surface area contributed by atoms with E-state index in [4.69, 9.17) is 4.74 Å². The maximum absolute atomic E-state index is 5.65. The largest absolute Gasteiger partial charge is 0.378 e. The lowest BCUT2D eigenvalue weighted by atomic mass is 10.1. The highest BCUT2D eigenvalue weighted by Crippen LogP contribution is 2.11. The molecular formula is C13H31NO. The molecule has 0 amide bonds. The highest BCUT2D eigenvalue weighted by Gasteiger charge is 2.15. The number of hydrogen-bond acceptors (Lipinski definition) is 2. The topological polar surface area (TPSA) is 12.5 Å². The second-order valence-corrected chi connectivity index (χ2v) is 3.37. The summed E-state index contributed by atoms with van der Waals surface area (Å²) in [4.78, 5) is 2.37. The minimum atomic E-state index is 0.547. The van der Waals surface area contributed by atoms with Gasteiger partial charge in [0.05, 0.1) is 6.10 Å². The molecule has 1 rings (SSSR count). The predicted molar refractivity (Wildman–Crippen MR) is 69.5 cm³/mol. The van der Waals surface area contributed by atoms with Crippen LogP contribution in [0.4, 0.5) is 0 Å². The Bertz CT molecular complexity index is 96.0. The van der Waals surface area contributed by atoms with Gasteiger partial charge in [0.2, 0.25) is 0 Å². The fourth-order valence-electron chi connectivity index (χ4n) is 1.44. The molecule has 0 radical (unpaired) electrons. The minimum Gasteiger partial charge on any atom is -0.378 e. The molecule has 1 aliphatic heterocycles. The summed E-state index contributed by atoms with van der Waals surface area (Å²) in [6.07, 6.45) is 4.13. The second-order valence-electron chi connectivity index (χ2n) is 3.37. The highest BCUT2D eigenvalue weighted by molar-refractivity contribution is 4.69. The lowest BCUT2D eigenvalue weighted by molar-refractivity contribution is 0.0129. The molecule has 0 bridgehead atoms. The highest BCUT2D eigenvalue weighted by atomic mass is 16.5. The maximum atomic E-state index is 5.65. The Balaban J connectivity index is 0. The molecule has 15 heavy (non-hydrogen) atoms. The molecule has 0 atom stereocenters. The number of likely N-dealkylation sites (tertiary alicyclic amines) is 1. The van der Waals surface area contributed by atoms with Gasteiger partial charge in [-0.3, -0.25) is 0 Å². The summed E-state index contributed by atoms with van der Waals surface area (Å²) in [5.74, 6) is 0. The van der Waals surface area contributed by atoms with E-state index < -0.39 is 0 Å². The minimum absolute atomic E-state index is 0.547. The molecule has 94 valence electrons. The maximum Gasteiger partial charge on any atom is 0.0599 e. The van der Waals surface area contributed by atoms with Gasteiger partial charge in [0.1, 0.15) is 0 Å². The first-order valence-electron chi connectivity index (χ1n) is 6.63. The Morgan fingerprint density at radius 1 is 1.07 bits per heavy atom. The van der Waals surface area contributed by atoms with Gasteiger partial charge >= 0.3 is 0 Å². The van der Waals surface area contributed by atoms with Crippen LogP contribution in [0.3, 0.4) is 0 Å². The van der Waals surface area contributed by atoms with E-state index in [0.717, 1.165) is 13.0 Å². The van der Waals surface area contributed by atoms with Gasteiger partial charge in [-0.2, -0.15) is 0 Å². The molecule has 0 unspecified atom stereocenters. The van der Waals surface area contributed by atoms with Crippen molar-refractivity contribution >= 4 is 0 Å². The van der Waals surface area contributed by atoms with Crippen LogP contribution in [0.5, 0.6) is 0 Å². The fraction of sp³-hybridized carbons (Fsp3) is 1.00. The zero-order valence-corrected chi connectivity index (χ0v) is 11.7. The molecule has 0 aromatic rings. The number of rotatable bonds is 3. The summed E-state index contributed by atoms with van der Waals surface area (Å²) < 4.78 is 5.65. The average Bonchev–Trinajstić information content (AvgIpc) is 2.34. The van der Waals surface area contributed by atoms with E-state index in [0.29, 0.717) is 6.10 Å². The first-order valence-corrected chi connectivity index (χ1v) is 6.63. The smallest absolute Gasteiger partial charge is 0.0599 e. The lowest BCUT2D eigenvalue weighted by Gasteiger charge is -2.28. The Hall–Kier alpha value is -0.0800. The third-order valence-electron chi connectivity index (χ3n) is 2.22. The normalized spacial score (nSPS) is 17.2. The van der Waals surface area contributed by atoms with Crippen LogP contribution < -0.4 is 0 Å². The quantitative estimate of drug-likeness (QED) is 0.716. The van der Waals surface area contributed by atoms with Crippen LogP contribution in [0.15, 0.2) is 0 Å². The van der Waals surface area contributed by atoms with Crippen molar-refractivity contribution in [3.05, 3.63) is 0 Å². The van der Waals surface area contributed by atoms with Gasteiger partial charge in [0, 0.05) is 19.7 Å². The average molecular weight is 217 g/mol. The van der Waals surface area contributed by atoms with Crippen molar-refractivity contribution in [1.29, 1.82) is 0 Å². The third-order valence-corrected chi connectivity index (χ3v) is 2.22. The fourth-order valence-corrected chi connectivity index (χ4v) is 1.44. The Kier molecular flexibility index (Phi) is 16.1. The van der Waals surface area contributed by atoms with Crippen molar-refractivity contribution in [2.75, 3.05) is 26.7 Å². The van der Waals surface area contributed by atoms with E-state index in [-0.39, 0.29) is 0 Å². The van der Waals surface area contributed by atoms with Crippen LogP contribution >= 0.6 is 0 Å². The van der Waals surface area contributed by atoms with E-state index in [1.165, 1.54) is 25.9 Å². The van der Waals surface area contributed by atoms with E-state index in [2.05, 4.69) is 18.9 Å². The Morgan fingerprint density at radius 2 is 1.53 bits per heavy atom. The van der Waals surface area contributed by atoms with Crippen molar-refractivity contribution in [3.63, 3.8) is 0 Å². The lowest BCUT2D eigenvalue weighted by Crippen LogP contribution is -2.34. The second kappa shape index (κ2) is 13.9. The zero-order valence-electron chi connectivity index (χ0n) is 11.7. The molecular weight excluding hydrogens is 186 g/mol. The van der Waals surface area contributed by atoms with Crippen LogP contribution in [0.25, 0.3) is 0 Å². The third kappa shape index (κ3) is 10.2. The molecule has 0 aromatic heterocycles. The van der Waals surface area contributed by atoms with Gasteiger partial charge in [-0.05, 0) is 26.3 Å². The number of nitrogens with zero attached hydrogens (tertiary/aromatic N) is 1. The van der Waals surface area contributed by atoms with Gasteiger partial charge < -0.3 is 9.64 Å². The van der Waals surface area contributed by atoms with Crippen molar-refractivity contribution in [2.45, 2.75) is 60.0 Å². The summed E-state index contributed by atoms with van der Waals surface area (Å²) in [6, 6.07) is 0. The summed E-state index contributed by atoms with van der Waals surface area (Å²) in [5.41, 5.74) is 0. The van der Waals surface area contributed by atoms with Crippen LogP contribution in [0.2, 0.25) is 0 Å². The molecule has 0 N–H and O–H groups in total. The molecule has 0 aliphatic carbocycles. The molecule has 1 heterocycles. The first kappa shape index (κ1) is 17.3. The van der Waals surface area contributed by atoms with Gasteiger partial charge in [-0.15, -0.1) is 0 Å². The van der Waals surface area contributed by atoms with Gasteiger partial charge in [0.15, 0.2) is 0 Å². The van der Waals surface area contributed by atoms with E-state index in [1.807, 2.05) is 27.7 Å². The first-order chi connectivity index (χ1) is 7.33. The zero-order chi connectivity index (χ0) is 12.1. The van der Waals surface area contributed by atoms with Crippen LogP contribution in [0, 0.1) is 0 Å². The monoisotopic (exact) mass is 217 g/mol. The molecule has 0 saturated carbocycles. The number of hydrogen-bond donors (Lipinski definition) is 0. The van der Waals surface area contributed by atoms with Crippen molar-refractivity contribution in [2.24, 2.45) is 0 Å². The van der Waals surface area contributed by atoms with Crippen LogP contribution in [0.1, 0.15) is 53.9 Å². The Morgan fingerprint density at radius 3 is 1.93 bits per heavy atom. The number of piperidine rings is 1. The molecule has 1 fully saturated rings. The van der Waals surface area contributed by atoms with E-state index >= 15 is 0 Å². The van der Waals surface area contributed by atoms with Gasteiger partial charge in [-0.1, -0.05) is 34.6 Å².